The summed E-state index contributed by atoms with van der Waals surface area (Å²) in [7, 11) is 3.98. The minimum Gasteiger partial charge on any atom is -0.507 e. The van der Waals surface area contributed by atoms with Gasteiger partial charge in [0, 0.05) is 17.5 Å². The van der Waals surface area contributed by atoms with Crippen molar-refractivity contribution < 1.29 is 19.6 Å². The molecule has 130 valence electrons. The van der Waals surface area contributed by atoms with Crippen LogP contribution >= 0.6 is 0 Å². The molecule has 1 aromatic heterocycles. The van der Waals surface area contributed by atoms with Crippen LogP contribution in [-0.4, -0.2) is 53.9 Å². The highest BCUT2D eigenvalue weighted by Gasteiger charge is 2.46. The minimum atomic E-state index is -0.644. The monoisotopic (exact) mass is 340 g/mol. The molecule has 6 heteroatoms. The van der Waals surface area contributed by atoms with Gasteiger partial charge in [-0.05, 0) is 12.1 Å². The van der Waals surface area contributed by atoms with E-state index in [0.29, 0.717) is 24.3 Å². The Balaban J connectivity index is 2.09. The van der Waals surface area contributed by atoms with Crippen molar-refractivity contribution >= 4 is 17.4 Å². The number of aromatic nitrogens is 1. The van der Waals surface area contributed by atoms with Crippen LogP contribution in [0, 0.1) is 0 Å². The Morgan fingerprint density at radius 2 is 1.88 bits per heavy atom. The number of likely N-dealkylation sites (N-methyl/N-ethyl adjacent to an activating group) is 1. The molecule has 1 aromatic carbocycles. The Morgan fingerprint density at radius 1 is 1.16 bits per heavy atom. The molecule has 6 nitrogen and oxygen atoms in total. The molecule has 0 unspecified atom stereocenters. The van der Waals surface area contributed by atoms with Crippen LogP contribution in [0.2, 0.25) is 0 Å². The Hall–Kier alpha value is -2.86. The van der Waals surface area contributed by atoms with E-state index < -0.39 is 17.7 Å². The number of nitrogens with zero attached hydrogens (tertiary/aromatic N) is 1. The van der Waals surface area contributed by atoms with Crippen LogP contribution in [0.15, 0.2) is 54.2 Å². The second kappa shape index (κ2) is 6.94. The van der Waals surface area contributed by atoms with Crippen LogP contribution in [0.4, 0.5) is 0 Å². The second-order valence-electron chi connectivity index (χ2n) is 6.44. The number of aromatic amines is 1. The van der Waals surface area contributed by atoms with Crippen molar-refractivity contribution in [2.75, 3.05) is 27.2 Å². The van der Waals surface area contributed by atoms with Crippen molar-refractivity contribution in [3.8, 4) is 0 Å². The number of ketones is 1. The van der Waals surface area contributed by atoms with E-state index >= 15 is 0 Å². The number of H-pyrrole nitrogens is 1. The van der Waals surface area contributed by atoms with E-state index in [1.54, 1.807) is 30.5 Å². The molecule has 0 spiro atoms. The standard InChI is InChI=1S/C19H21N3O3/c1-21(2)11-12-22-16(14-9-6-10-20-14)15(18(24)19(22)25)17(23)13-7-4-3-5-8-13/h3-10,16,20,23H,11-12H2,1-2H3/p+1/t16-/m1/s1. The predicted molar refractivity (Wildman–Crippen MR) is 93.9 cm³/mol. The van der Waals surface area contributed by atoms with E-state index in [1.807, 2.05) is 32.3 Å². The first-order chi connectivity index (χ1) is 12.0. The van der Waals surface area contributed by atoms with Gasteiger partial charge >= 0.3 is 0 Å². The van der Waals surface area contributed by atoms with Gasteiger partial charge in [0.1, 0.15) is 11.8 Å². The summed E-state index contributed by atoms with van der Waals surface area (Å²) in [6, 6.07) is 11.9. The normalized spacial score (nSPS) is 19.8. The average Bonchev–Trinajstić information content (AvgIpc) is 3.21. The number of rotatable bonds is 5. The Labute approximate surface area is 146 Å². The Kier molecular flexibility index (Phi) is 4.72. The molecule has 1 aliphatic heterocycles. The predicted octanol–water partition coefficient (Wildman–Crippen LogP) is 0.581. The van der Waals surface area contributed by atoms with Crippen molar-refractivity contribution in [3.05, 3.63) is 65.5 Å². The van der Waals surface area contributed by atoms with Gasteiger partial charge in [-0.1, -0.05) is 30.3 Å². The van der Waals surface area contributed by atoms with Gasteiger partial charge in [-0.25, -0.2) is 0 Å². The molecule has 3 N–H and O–H groups in total. The summed E-state index contributed by atoms with van der Waals surface area (Å²) in [6.45, 7) is 1.14. The van der Waals surface area contributed by atoms with Gasteiger partial charge in [-0.15, -0.1) is 0 Å². The summed E-state index contributed by atoms with van der Waals surface area (Å²) in [6.07, 6.45) is 1.75. The molecule has 2 heterocycles. The molecule has 0 saturated carbocycles. The first-order valence-corrected chi connectivity index (χ1v) is 8.27. The zero-order valence-corrected chi connectivity index (χ0v) is 14.3. The number of quaternary nitrogens is 1. The molecular formula is C19H22N3O3+. The largest absolute Gasteiger partial charge is 0.507 e. The fourth-order valence-electron chi connectivity index (χ4n) is 3.04. The van der Waals surface area contributed by atoms with Gasteiger partial charge in [-0.3, -0.25) is 9.59 Å². The van der Waals surface area contributed by atoms with Crippen molar-refractivity contribution in [2.45, 2.75) is 6.04 Å². The number of amides is 1. The maximum absolute atomic E-state index is 12.7. The van der Waals surface area contributed by atoms with Crippen LogP contribution in [0.3, 0.4) is 0 Å². The molecule has 1 aliphatic rings. The smallest absolute Gasteiger partial charge is 0.295 e. The first kappa shape index (κ1) is 17.0. The molecule has 0 bridgehead atoms. The number of hydrogen-bond acceptors (Lipinski definition) is 3. The van der Waals surface area contributed by atoms with E-state index in [1.165, 1.54) is 9.80 Å². The highest BCUT2D eigenvalue weighted by atomic mass is 16.3. The van der Waals surface area contributed by atoms with E-state index in [2.05, 4.69) is 4.98 Å². The van der Waals surface area contributed by atoms with E-state index in [4.69, 9.17) is 0 Å². The summed E-state index contributed by atoms with van der Waals surface area (Å²) < 4.78 is 0. The van der Waals surface area contributed by atoms with Crippen LogP contribution in [0.5, 0.6) is 0 Å². The van der Waals surface area contributed by atoms with Crippen molar-refractivity contribution in [1.82, 2.24) is 9.88 Å². The number of carbonyl (C=O) groups excluding carboxylic acids is 2. The lowest BCUT2D eigenvalue weighted by Crippen LogP contribution is -3.06. The molecule has 2 aromatic rings. The number of Topliss-reactive ketones (excluding diaryl/α,β-unsaturated/α-hetero) is 1. The Morgan fingerprint density at radius 3 is 2.48 bits per heavy atom. The lowest BCUT2D eigenvalue weighted by Gasteiger charge is -2.24. The average molecular weight is 340 g/mol. The number of likely N-dealkylation sites (tertiary alicyclic amines) is 1. The van der Waals surface area contributed by atoms with Gasteiger partial charge < -0.3 is 19.9 Å². The molecule has 0 aliphatic carbocycles. The van der Waals surface area contributed by atoms with Crippen molar-refractivity contribution in [3.63, 3.8) is 0 Å². The molecular weight excluding hydrogens is 318 g/mol. The lowest BCUT2D eigenvalue weighted by atomic mass is 9.99. The fraction of sp³-hybridized carbons (Fsp3) is 0.263. The first-order valence-electron chi connectivity index (χ1n) is 8.27. The summed E-state index contributed by atoms with van der Waals surface area (Å²) in [4.78, 5) is 31.0. The van der Waals surface area contributed by atoms with Crippen molar-refractivity contribution in [1.29, 1.82) is 0 Å². The number of nitrogens with one attached hydrogen (secondary N) is 2. The van der Waals surface area contributed by atoms with Crippen LogP contribution < -0.4 is 4.90 Å². The number of hydrogen-bond donors (Lipinski definition) is 3. The summed E-state index contributed by atoms with van der Waals surface area (Å²) >= 11 is 0. The SMILES string of the molecule is C[NH+](C)CCN1C(=O)C(=O)C(=C(O)c2ccccc2)[C@H]1c1ccc[nH]1. The maximum atomic E-state index is 12.7. The maximum Gasteiger partial charge on any atom is 0.295 e. The molecule has 25 heavy (non-hydrogen) atoms. The van der Waals surface area contributed by atoms with Gasteiger partial charge in [0.2, 0.25) is 0 Å². The summed E-state index contributed by atoms with van der Waals surface area (Å²) in [5.41, 5.74) is 1.37. The molecule has 1 saturated heterocycles. The Bertz CT molecular complexity index is 795. The molecule has 0 radical (unpaired) electrons. The number of aliphatic hydroxyl groups excluding tert-OH is 1. The summed E-state index contributed by atoms with van der Waals surface area (Å²) in [5.74, 6) is -1.36. The quantitative estimate of drug-likeness (QED) is 0.423. The third-order valence-electron chi connectivity index (χ3n) is 4.36. The third kappa shape index (κ3) is 3.21. The van der Waals surface area contributed by atoms with Crippen molar-refractivity contribution in [2.24, 2.45) is 0 Å². The lowest BCUT2D eigenvalue weighted by molar-refractivity contribution is -0.857. The molecule has 3 rings (SSSR count). The third-order valence-corrected chi connectivity index (χ3v) is 4.36. The highest BCUT2D eigenvalue weighted by molar-refractivity contribution is 6.46. The van der Waals surface area contributed by atoms with Crippen LogP contribution in [-0.2, 0) is 9.59 Å². The second-order valence-corrected chi connectivity index (χ2v) is 6.44. The highest BCUT2D eigenvalue weighted by Crippen LogP contribution is 2.38. The van der Waals surface area contributed by atoms with E-state index in [0.717, 1.165) is 0 Å². The van der Waals surface area contributed by atoms with Gasteiger partial charge in [0.05, 0.1) is 32.8 Å². The van der Waals surface area contributed by atoms with E-state index in [9.17, 15) is 14.7 Å². The minimum absolute atomic E-state index is 0.132. The molecule has 1 fully saturated rings. The molecule has 1 atom stereocenters. The zero-order chi connectivity index (χ0) is 18.0. The fourth-order valence-corrected chi connectivity index (χ4v) is 3.04. The zero-order valence-electron chi connectivity index (χ0n) is 14.3. The number of carbonyl (C=O) groups is 2. The summed E-state index contributed by atoms with van der Waals surface area (Å²) in [5, 5.41) is 10.7. The van der Waals surface area contributed by atoms with E-state index in [-0.39, 0.29) is 11.3 Å². The van der Waals surface area contributed by atoms with Gasteiger partial charge in [0.15, 0.2) is 0 Å². The van der Waals surface area contributed by atoms with Gasteiger partial charge in [0.25, 0.3) is 11.7 Å². The topological polar surface area (TPSA) is 77.8 Å². The number of aliphatic hydroxyl groups is 1. The van der Waals surface area contributed by atoms with Crippen LogP contribution in [0.1, 0.15) is 17.3 Å². The van der Waals surface area contributed by atoms with Crippen LogP contribution in [0.25, 0.3) is 5.76 Å². The van der Waals surface area contributed by atoms with Gasteiger partial charge in [-0.2, -0.15) is 0 Å². The number of benzene rings is 1. The molecule has 1 amide bonds.